The lowest BCUT2D eigenvalue weighted by molar-refractivity contribution is 1.13. The highest BCUT2D eigenvalue weighted by Gasteiger charge is 1.98. The van der Waals surface area contributed by atoms with Gasteiger partial charge < -0.3 is 5.73 Å². The zero-order valence-electron chi connectivity index (χ0n) is 3.18. The second kappa shape index (κ2) is 1.01. The van der Waals surface area contributed by atoms with Gasteiger partial charge in [-0.15, -0.1) is 0 Å². The van der Waals surface area contributed by atoms with Gasteiger partial charge in [0.2, 0.25) is 12.0 Å². The average Bonchev–Trinajstić information content (AvgIpc) is 1.86. The molecule has 31 valence electrons. The fraction of sp³-hybridized carbons (Fsp3) is 0. The molecule has 0 saturated carbocycles. The lowest BCUT2D eigenvalue weighted by Gasteiger charge is -1.74. The molecular weight excluding hydrogens is 78.1 g/mol. The number of hydrogen-bond acceptors (Lipinski definition) is 3. The quantitative estimate of drug-likeness (QED) is 0.383. The average molecular weight is 83.1 g/mol. The molecule has 0 bridgehead atoms. The van der Waals surface area contributed by atoms with Gasteiger partial charge in [-0.1, -0.05) is 4.99 Å². The van der Waals surface area contributed by atoms with Crippen LogP contribution in [0.25, 0.3) is 0 Å². The van der Waals surface area contributed by atoms with Crippen molar-refractivity contribution >= 4 is 6.34 Å². The molecule has 6 heavy (non-hydrogen) atoms. The Morgan fingerprint density at radius 1 is 1.83 bits per heavy atom. The van der Waals surface area contributed by atoms with Crippen LogP contribution in [0.5, 0.6) is 0 Å². The van der Waals surface area contributed by atoms with Gasteiger partial charge in [0.1, 0.15) is 0 Å². The van der Waals surface area contributed by atoms with E-state index in [1.165, 1.54) is 6.34 Å². The Morgan fingerprint density at radius 3 is 2.83 bits per heavy atom. The zero-order valence-corrected chi connectivity index (χ0v) is 3.18. The summed E-state index contributed by atoms with van der Waals surface area (Å²) in [4.78, 5) is 3.64. The van der Waals surface area contributed by atoms with Gasteiger partial charge in [-0.05, 0) is 0 Å². The summed E-state index contributed by atoms with van der Waals surface area (Å²) in [7, 11) is 0. The summed E-state index contributed by atoms with van der Waals surface area (Å²) < 4.78 is 0. The van der Waals surface area contributed by atoms with Crippen LogP contribution in [0.15, 0.2) is 12.0 Å². The summed E-state index contributed by atoms with van der Waals surface area (Å²) >= 11 is 0. The second-order valence-corrected chi connectivity index (χ2v) is 1.01. The Bertz CT molecular complexity index is 103. The molecule has 0 aromatic rings. The van der Waals surface area contributed by atoms with Crippen LogP contribution in [0, 0.1) is 0 Å². The van der Waals surface area contributed by atoms with Gasteiger partial charge in [0, 0.05) is 0 Å². The molecule has 0 saturated heterocycles. The third kappa shape index (κ3) is 0.337. The van der Waals surface area contributed by atoms with E-state index in [0.29, 0.717) is 5.82 Å². The van der Waals surface area contributed by atoms with Crippen LogP contribution >= 0.6 is 0 Å². The fourth-order valence-corrected chi connectivity index (χ4v) is 0.267. The van der Waals surface area contributed by atoms with Crippen LogP contribution in [-0.2, 0) is 0 Å². The molecule has 3 nitrogen and oxygen atoms in total. The van der Waals surface area contributed by atoms with Crippen LogP contribution in [-0.4, -0.2) is 6.34 Å². The van der Waals surface area contributed by atoms with E-state index < -0.39 is 0 Å². The summed E-state index contributed by atoms with van der Waals surface area (Å²) in [6.07, 6.45) is 3.09. The first kappa shape index (κ1) is 3.21. The Morgan fingerprint density at radius 2 is 2.67 bits per heavy atom. The predicted octanol–water partition coefficient (Wildman–Crippen LogP) is -1.29. The summed E-state index contributed by atoms with van der Waals surface area (Å²) in [5, 5.41) is 2.67. The smallest absolute Gasteiger partial charge is 0.285 e. The minimum absolute atomic E-state index is 0.606. The molecule has 1 heterocycles. The number of nitrogens with one attached hydrogen (secondary N) is 1. The van der Waals surface area contributed by atoms with E-state index in [0.717, 1.165) is 0 Å². The van der Waals surface area contributed by atoms with Crippen LogP contribution in [0.4, 0.5) is 0 Å². The molecule has 0 atom stereocenters. The van der Waals surface area contributed by atoms with Gasteiger partial charge in [-0.2, -0.15) is 0 Å². The predicted molar refractivity (Wildman–Crippen MR) is 23.6 cm³/mol. The Hall–Kier alpha value is -0.990. The molecule has 1 rings (SSSR count). The molecule has 1 aliphatic heterocycles. The minimum atomic E-state index is 0.606. The second-order valence-electron chi connectivity index (χ2n) is 1.01. The maximum Gasteiger partial charge on any atom is 0.285 e. The Labute approximate surface area is 35.6 Å². The normalized spacial score (nSPS) is 17.0. The van der Waals surface area contributed by atoms with E-state index in [1.807, 2.05) is 0 Å². The van der Waals surface area contributed by atoms with Crippen LogP contribution in [0.1, 0.15) is 0 Å². The number of nitrogens with zero attached hydrogens (tertiary/aromatic N) is 1. The number of hydrogen-bond donors (Lipinski definition) is 2. The van der Waals surface area contributed by atoms with E-state index in [1.54, 1.807) is 6.20 Å². The third-order valence-electron chi connectivity index (χ3n) is 0.519. The van der Waals surface area contributed by atoms with Crippen LogP contribution in [0.2, 0.25) is 0 Å². The summed E-state index contributed by atoms with van der Waals surface area (Å²) in [6.45, 7) is 0. The van der Waals surface area contributed by atoms with E-state index in [4.69, 9.17) is 5.73 Å². The maximum absolute atomic E-state index is 5.16. The van der Waals surface area contributed by atoms with Gasteiger partial charge in [0.15, 0.2) is 0 Å². The van der Waals surface area contributed by atoms with Gasteiger partial charge >= 0.3 is 0 Å². The van der Waals surface area contributed by atoms with E-state index >= 15 is 0 Å². The van der Waals surface area contributed by atoms with Gasteiger partial charge in [-0.3, -0.25) is 0 Å². The van der Waals surface area contributed by atoms with Gasteiger partial charge in [0.05, 0.1) is 0 Å². The van der Waals surface area contributed by atoms with Crippen molar-refractivity contribution in [3.8, 4) is 0 Å². The van der Waals surface area contributed by atoms with Crippen molar-refractivity contribution in [3.63, 3.8) is 0 Å². The zero-order chi connectivity index (χ0) is 4.41. The highest BCUT2D eigenvalue weighted by molar-refractivity contribution is 5.59. The third-order valence-corrected chi connectivity index (χ3v) is 0.519. The number of nitrogens with two attached hydrogens (primary N) is 1. The van der Waals surface area contributed by atoms with Crippen molar-refractivity contribution in [1.29, 1.82) is 0 Å². The highest BCUT2D eigenvalue weighted by atomic mass is 15.1. The first-order valence-electron chi connectivity index (χ1n) is 1.63. The topological polar surface area (TPSA) is 52.2 Å². The first-order chi connectivity index (χ1) is 2.89. The first-order valence-corrected chi connectivity index (χ1v) is 1.63. The van der Waals surface area contributed by atoms with Crippen molar-refractivity contribution in [1.82, 2.24) is 10.3 Å². The van der Waals surface area contributed by atoms with Crippen molar-refractivity contribution in [2.75, 3.05) is 0 Å². The Kier molecular flexibility index (Phi) is 0.538. The van der Waals surface area contributed by atoms with Crippen molar-refractivity contribution in [3.05, 3.63) is 12.0 Å². The van der Waals surface area contributed by atoms with Gasteiger partial charge in [-0.25, -0.2) is 5.32 Å². The van der Waals surface area contributed by atoms with E-state index in [2.05, 4.69) is 10.3 Å². The lowest BCUT2D eigenvalue weighted by Crippen LogP contribution is -2.13. The molecular formula is C3H5N3+. The Balaban J connectivity index is 2.61. The minimum Gasteiger partial charge on any atom is -0.363 e. The lowest BCUT2D eigenvalue weighted by atomic mass is 10.8. The molecule has 0 amide bonds. The summed E-state index contributed by atoms with van der Waals surface area (Å²) in [5.74, 6) is 0.606. The van der Waals surface area contributed by atoms with Crippen molar-refractivity contribution in [2.45, 2.75) is 0 Å². The molecule has 0 spiro atoms. The van der Waals surface area contributed by atoms with E-state index in [-0.39, 0.29) is 0 Å². The van der Waals surface area contributed by atoms with E-state index in [9.17, 15) is 0 Å². The SMILES string of the molecule is NC1=C[N+]=CN1. The van der Waals surface area contributed by atoms with Gasteiger partial charge in [0.25, 0.3) is 6.34 Å². The van der Waals surface area contributed by atoms with Crippen molar-refractivity contribution in [2.24, 2.45) is 5.73 Å². The van der Waals surface area contributed by atoms with Crippen LogP contribution < -0.4 is 16.0 Å². The molecule has 0 aliphatic carbocycles. The largest absolute Gasteiger partial charge is 0.363 e. The molecule has 1 radical (unpaired) electrons. The number of aliphatic imine (C=N–C) groups is 1. The highest BCUT2D eigenvalue weighted by Crippen LogP contribution is 1.71. The molecule has 3 N–H and O–H groups in total. The fourth-order valence-electron chi connectivity index (χ4n) is 0.267. The van der Waals surface area contributed by atoms with Crippen LogP contribution in [0.3, 0.4) is 0 Å². The molecule has 0 aromatic heterocycles. The summed E-state index contributed by atoms with van der Waals surface area (Å²) in [5.41, 5.74) is 5.16. The number of rotatable bonds is 0. The monoisotopic (exact) mass is 83.0 g/mol. The molecule has 3 heteroatoms. The molecule has 1 aliphatic rings. The maximum atomic E-state index is 5.16. The summed E-state index contributed by atoms with van der Waals surface area (Å²) in [6, 6.07) is 0. The standard InChI is InChI=1S/C3H5N3/c4-3-1-5-2-6-3/h1-2,6H,4H2/q+1. The molecule has 0 aromatic carbocycles. The molecule has 0 unspecified atom stereocenters. The molecule has 0 fully saturated rings. The van der Waals surface area contributed by atoms with Crippen molar-refractivity contribution < 1.29 is 0 Å².